The van der Waals surface area contributed by atoms with Crippen molar-refractivity contribution in [1.82, 2.24) is 4.98 Å². The maximum atomic E-state index is 10.2. The number of nitrogens with one attached hydrogen (secondary N) is 1. The number of hydrogen-bond donors (Lipinski definition) is 1. The number of non-ortho nitro benzene ring substituents is 1. The number of hydrogen-bond acceptors (Lipinski definition) is 5. The van der Waals surface area contributed by atoms with E-state index in [0.717, 1.165) is 25.5 Å². The molecule has 7 heteroatoms. The molecule has 0 spiro atoms. The van der Waals surface area contributed by atoms with E-state index in [1.165, 1.54) is 6.07 Å². The molecule has 0 atom stereocenters. The molecule has 0 saturated heterocycles. The smallest absolute Gasteiger partial charge is 0.269 e. The largest absolute Gasteiger partial charge is 0.494 e. The van der Waals surface area contributed by atoms with Crippen molar-refractivity contribution in [2.75, 3.05) is 6.61 Å². The predicted octanol–water partition coefficient (Wildman–Crippen LogP) is 5.26. The third kappa shape index (κ3) is 4.87. The van der Waals surface area contributed by atoms with Crippen molar-refractivity contribution in [2.24, 2.45) is 0 Å². The average molecular weight is 348 g/mol. The third-order valence-electron chi connectivity index (χ3n) is 2.92. The Kier molecular flexibility index (Phi) is 5.84. The molecule has 1 heterocycles. The number of fused-ring (bicyclic) bond motifs is 1. The van der Waals surface area contributed by atoms with Crippen LogP contribution in [-0.4, -0.2) is 16.5 Å². The summed E-state index contributed by atoms with van der Waals surface area (Å²) in [6.07, 6.45) is 0. The zero-order chi connectivity index (χ0) is 16.8. The fraction of sp³-hybridized carbons (Fsp3) is 0.188. The highest BCUT2D eigenvalue weighted by Gasteiger charge is 2.01. The van der Waals surface area contributed by atoms with Gasteiger partial charge in [-0.25, -0.2) is 0 Å². The molecule has 3 aromatic rings. The number of rotatable bonds is 3. The molecule has 0 bridgehead atoms. The summed E-state index contributed by atoms with van der Waals surface area (Å²) in [5, 5.41) is 10.2. The van der Waals surface area contributed by atoms with Crippen LogP contribution in [0.4, 0.5) is 5.69 Å². The molecule has 0 fully saturated rings. The highest BCUT2D eigenvalue weighted by molar-refractivity contribution is 7.73. The fourth-order valence-corrected chi connectivity index (χ4v) is 3.07. The van der Waals surface area contributed by atoms with Gasteiger partial charge in [-0.2, -0.15) is 0 Å². The van der Waals surface area contributed by atoms with Crippen LogP contribution in [0.25, 0.3) is 10.2 Å². The van der Waals surface area contributed by atoms with E-state index in [2.05, 4.69) is 4.98 Å². The highest BCUT2D eigenvalue weighted by Crippen LogP contribution is 2.24. The van der Waals surface area contributed by atoms with Crippen LogP contribution in [0.2, 0.25) is 0 Å². The van der Waals surface area contributed by atoms with Gasteiger partial charge in [-0.3, -0.25) is 10.1 Å². The molecule has 1 N–H and O–H groups in total. The van der Waals surface area contributed by atoms with E-state index in [-0.39, 0.29) is 5.69 Å². The van der Waals surface area contributed by atoms with E-state index in [1.807, 2.05) is 38.1 Å². The van der Waals surface area contributed by atoms with Crippen molar-refractivity contribution < 1.29 is 9.66 Å². The topological polar surface area (TPSA) is 68.2 Å². The van der Waals surface area contributed by atoms with Crippen LogP contribution in [-0.2, 0) is 0 Å². The summed E-state index contributed by atoms with van der Waals surface area (Å²) < 4.78 is 7.34. The van der Waals surface area contributed by atoms with Crippen molar-refractivity contribution in [1.29, 1.82) is 0 Å². The van der Waals surface area contributed by atoms with Crippen LogP contribution in [0.3, 0.4) is 0 Å². The van der Waals surface area contributed by atoms with Crippen LogP contribution in [0.15, 0.2) is 42.5 Å². The zero-order valence-corrected chi connectivity index (χ0v) is 14.4. The summed E-state index contributed by atoms with van der Waals surface area (Å²) in [7, 11) is 0. The number of aromatic nitrogens is 1. The van der Waals surface area contributed by atoms with Gasteiger partial charge in [0.1, 0.15) is 5.75 Å². The molecule has 0 saturated carbocycles. The molecule has 0 radical (unpaired) electrons. The Bertz CT molecular complexity index is 871. The van der Waals surface area contributed by atoms with Crippen LogP contribution in [0, 0.1) is 21.0 Å². The zero-order valence-electron chi connectivity index (χ0n) is 12.7. The number of thiazole rings is 1. The maximum absolute atomic E-state index is 10.2. The second-order valence-corrected chi connectivity index (χ2v) is 6.42. The monoisotopic (exact) mass is 348 g/mol. The van der Waals surface area contributed by atoms with Gasteiger partial charge in [-0.1, -0.05) is 12.1 Å². The second kappa shape index (κ2) is 7.85. The van der Waals surface area contributed by atoms with Gasteiger partial charge in [-0.05, 0) is 49.8 Å². The SMILES string of the molecule is CCOc1ccc2[nH]c(=S)sc2c1.Cc1cccc([N+](=O)[O-])c1. The Morgan fingerprint density at radius 3 is 2.70 bits per heavy atom. The molecule has 2 aromatic carbocycles. The molecule has 1 aromatic heterocycles. The number of nitrogens with zero attached hydrogens (tertiary/aromatic N) is 1. The van der Waals surface area contributed by atoms with E-state index < -0.39 is 4.92 Å². The first-order valence-corrected chi connectivity index (χ1v) is 8.19. The number of ether oxygens (including phenoxy) is 1. The third-order valence-corrected chi connectivity index (χ3v) is 4.11. The van der Waals surface area contributed by atoms with E-state index in [4.69, 9.17) is 17.0 Å². The summed E-state index contributed by atoms with van der Waals surface area (Å²) in [4.78, 5) is 12.9. The standard InChI is InChI=1S/C9H9NOS2.C7H7NO2/c1-2-11-6-3-4-7-8(5-6)13-9(12)10-7;1-6-3-2-4-7(5-6)8(9)10/h3-5H,2H2,1H3,(H,10,12);2-5H,1H3. The van der Waals surface area contributed by atoms with Crippen molar-refractivity contribution in [3.05, 3.63) is 62.1 Å². The van der Waals surface area contributed by atoms with Crippen LogP contribution < -0.4 is 4.74 Å². The minimum absolute atomic E-state index is 0.153. The lowest BCUT2D eigenvalue weighted by Crippen LogP contribution is -1.89. The molecule has 0 amide bonds. The molecule has 0 aliphatic heterocycles. The van der Waals surface area contributed by atoms with Crippen molar-refractivity contribution in [3.8, 4) is 5.75 Å². The first kappa shape index (κ1) is 17.1. The molecule has 3 rings (SSSR count). The molecule has 5 nitrogen and oxygen atoms in total. The molecule has 120 valence electrons. The van der Waals surface area contributed by atoms with Gasteiger partial charge in [0.15, 0.2) is 3.95 Å². The first-order chi connectivity index (χ1) is 11.0. The number of H-pyrrole nitrogens is 1. The van der Waals surface area contributed by atoms with Gasteiger partial charge in [0.05, 0.1) is 21.7 Å². The molecular weight excluding hydrogens is 332 g/mol. The minimum atomic E-state index is -0.396. The van der Waals surface area contributed by atoms with Gasteiger partial charge < -0.3 is 9.72 Å². The van der Waals surface area contributed by atoms with Crippen molar-refractivity contribution >= 4 is 39.5 Å². The van der Waals surface area contributed by atoms with E-state index in [9.17, 15) is 10.1 Å². The van der Waals surface area contributed by atoms with Gasteiger partial charge in [0, 0.05) is 12.1 Å². The lowest BCUT2D eigenvalue weighted by molar-refractivity contribution is -0.384. The Balaban J connectivity index is 0.000000174. The normalized spacial score (nSPS) is 10.0. The van der Waals surface area contributed by atoms with Gasteiger partial charge in [-0.15, -0.1) is 11.3 Å². The van der Waals surface area contributed by atoms with E-state index in [1.54, 1.807) is 23.5 Å². The van der Waals surface area contributed by atoms with Gasteiger partial charge in [0.25, 0.3) is 5.69 Å². The number of benzene rings is 2. The molecule has 23 heavy (non-hydrogen) atoms. The Morgan fingerprint density at radius 2 is 2.09 bits per heavy atom. The second-order valence-electron chi connectivity index (χ2n) is 4.70. The molecular formula is C16H16N2O3S2. The Morgan fingerprint density at radius 1 is 1.30 bits per heavy atom. The first-order valence-electron chi connectivity index (χ1n) is 6.96. The van der Waals surface area contributed by atoms with Gasteiger partial charge in [0.2, 0.25) is 0 Å². The Labute approximate surface area is 142 Å². The Hall–Kier alpha value is -2.25. The van der Waals surface area contributed by atoms with Crippen LogP contribution in [0.1, 0.15) is 12.5 Å². The van der Waals surface area contributed by atoms with Crippen LogP contribution in [0.5, 0.6) is 5.75 Å². The summed E-state index contributed by atoms with van der Waals surface area (Å²) in [5.74, 6) is 0.903. The average Bonchev–Trinajstić information content (AvgIpc) is 2.87. The highest BCUT2D eigenvalue weighted by atomic mass is 32.1. The van der Waals surface area contributed by atoms with Crippen LogP contribution >= 0.6 is 23.6 Å². The van der Waals surface area contributed by atoms with Gasteiger partial charge >= 0.3 is 0 Å². The summed E-state index contributed by atoms with van der Waals surface area (Å²) in [5.41, 5.74) is 2.15. The molecule has 0 unspecified atom stereocenters. The fourth-order valence-electron chi connectivity index (χ4n) is 1.92. The lowest BCUT2D eigenvalue weighted by atomic mass is 10.2. The molecule has 0 aliphatic rings. The lowest BCUT2D eigenvalue weighted by Gasteiger charge is -2.00. The number of aryl methyl sites for hydroxylation is 1. The summed E-state index contributed by atoms with van der Waals surface area (Å²) in [6.45, 7) is 4.50. The quantitative estimate of drug-likeness (QED) is 0.398. The summed E-state index contributed by atoms with van der Waals surface area (Å²) in [6, 6.07) is 12.5. The van der Waals surface area contributed by atoms with Crippen molar-refractivity contribution in [3.63, 3.8) is 0 Å². The van der Waals surface area contributed by atoms with Crippen molar-refractivity contribution in [2.45, 2.75) is 13.8 Å². The number of aromatic amines is 1. The summed E-state index contributed by atoms with van der Waals surface area (Å²) >= 11 is 6.61. The predicted molar refractivity (Wildman–Crippen MR) is 96.0 cm³/mol. The minimum Gasteiger partial charge on any atom is -0.494 e. The maximum Gasteiger partial charge on any atom is 0.269 e. The molecule has 0 aliphatic carbocycles. The van der Waals surface area contributed by atoms with E-state index >= 15 is 0 Å². The number of nitro groups is 1. The van der Waals surface area contributed by atoms with E-state index in [0.29, 0.717) is 6.61 Å². The number of nitro benzene ring substituents is 1.